The molecule has 158 valence electrons. The second-order valence-electron chi connectivity index (χ2n) is 7.93. The van der Waals surface area contributed by atoms with Gasteiger partial charge in [0.05, 0.1) is 44.9 Å². The number of quaternary nitrogens is 1. The van der Waals surface area contributed by atoms with Crippen molar-refractivity contribution >= 4 is 17.4 Å². The average molecular weight is 410 g/mol. The summed E-state index contributed by atoms with van der Waals surface area (Å²) in [6.07, 6.45) is 3.28. The van der Waals surface area contributed by atoms with Crippen LogP contribution >= 0.6 is 0 Å². The van der Waals surface area contributed by atoms with Crippen LogP contribution in [0.15, 0.2) is 54.4 Å². The van der Waals surface area contributed by atoms with Crippen LogP contribution in [0.3, 0.4) is 0 Å². The zero-order chi connectivity index (χ0) is 21.8. The highest BCUT2D eigenvalue weighted by molar-refractivity contribution is 6.46. The number of aliphatic hydroxyl groups is 1. The number of rotatable bonds is 7. The molecule has 30 heavy (non-hydrogen) atoms. The van der Waals surface area contributed by atoms with Crippen molar-refractivity contribution in [1.29, 1.82) is 0 Å². The van der Waals surface area contributed by atoms with Crippen molar-refractivity contribution in [2.24, 2.45) is 0 Å². The summed E-state index contributed by atoms with van der Waals surface area (Å²) in [5.41, 5.74) is 1.22. The maximum Gasteiger partial charge on any atom is 0.295 e. The molecule has 2 heterocycles. The fourth-order valence-electron chi connectivity index (χ4n) is 3.46. The first-order valence-corrected chi connectivity index (χ1v) is 10.0. The summed E-state index contributed by atoms with van der Waals surface area (Å²) in [5, 5.41) is 11.0. The predicted octanol–water partition coefficient (Wildman–Crippen LogP) is 1.44. The quantitative estimate of drug-likeness (QED) is 0.410. The molecule has 0 aliphatic carbocycles. The smallest absolute Gasteiger partial charge is 0.295 e. The summed E-state index contributed by atoms with van der Waals surface area (Å²) < 4.78 is 5.64. The van der Waals surface area contributed by atoms with E-state index in [0.717, 1.165) is 4.90 Å². The molecule has 1 saturated heterocycles. The van der Waals surface area contributed by atoms with Gasteiger partial charge in [-0.2, -0.15) is 0 Å². The number of benzene rings is 1. The summed E-state index contributed by atoms with van der Waals surface area (Å²) in [5.74, 6) is -0.818. The van der Waals surface area contributed by atoms with E-state index in [-0.39, 0.29) is 17.4 Å². The lowest BCUT2D eigenvalue weighted by atomic mass is 9.96. The van der Waals surface area contributed by atoms with Gasteiger partial charge in [-0.05, 0) is 49.7 Å². The van der Waals surface area contributed by atoms with Crippen LogP contribution in [0.5, 0.6) is 5.75 Å². The number of carbonyl (C=O) groups excluding carboxylic acids is 2. The Bertz CT molecular complexity index is 937. The molecular weight excluding hydrogens is 382 g/mol. The highest BCUT2D eigenvalue weighted by Gasteiger charge is 2.46. The molecule has 0 radical (unpaired) electrons. The van der Waals surface area contributed by atoms with Gasteiger partial charge in [0.2, 0.25) is 0 Å². The topological polar surface area (TPSA) is 84.2 Å². The lowest BCUT2D eigenvalue weighted by Crippen LogP contribution is -3.06. The molecule has 7 heteroatoms. The third-order valence-corrected chi connectivity index (χ3v) is 4.89. The summed E-state index contributed by atoms with van der Waals surface area (Å²) in [4.78, 5) is 32.5. The number of aliphatic hydroxyl groups excluding tert-OH is 1. The number of nitrogens with one attached hydrogen (secondary N) is 1. The summed E-state index contributed by atoms with van der Waals surface area (Å²) >= 11 is 0. The Kier molecular flexibility index (Phi) is 6.52. The van der Waals surface area contributed by atoms with E-state index < -0.39 is 17.7 Å². The number of likely N-dealkylation sites (tertiary alicyclic amines) is 1. The number of likely N-dealkylation sites (N-methyl/N-ethyl adjacent to an activating group) is 1. The van der Waals surface area contributed by atoms with E-state index in [2.05, 4.69) is 4.98 Å². The number of carbonyl (C=O) groups is 2. The molecule has 3 rings (SSSR count). The van der Waals surface area contributed by atoms with Crippen LogP contribution in [0.2, 0.25) is 0 Å². The first-order chi connectivity index (χ1) is 14.3. The van der Waals surface area contributed by atoms with Crippen molar-refractivity contribution in [1.82, 2.24) is 9.88 Å². The van der Waals surface area contributed by atoms with E-state index in [1.54, 1.807) is 42.7 Å². The van der Waals surface area contributed by atoms with Gasteiger partial charge in [0, 0.05) is 18.0 Å². The number of hydrogen-bond donors (Lipinski definition) is 2. The fraction of sp³-hybridized carbons (Fsp3) is 0.348. The normalized spacial score (nSPS) is 18.5. The minimum atomic E-state index is -0.683. The molecule has 1 aromatic heterocycles. The van der Waals surface area contributed by atoms with Gasteiger partial charge in [-0.15, -0.1) is 0 Å². The van der Waals surface area contributed by atoms with Crippen molar-refractivity contribution in [3.05, 3.63) is 65.5 Å². The van der Waals surface area contributed by atoms with Crippen LogP contribution in [0.4, 0.5) is 0 Å². The molecule has 1 atom stereocenters. The number of nitrogens with zero attached hydrogens (tertiary/aromatic N) is 2. The molecule has 1 aromatic carbocycles. The lowest BCUT2D eigenvalue weighted by molar-refractivity contribution is -0.857. The first kappa shape index (κ1) is 21.5. The van der Waals surface area contributed by atoms with Crippen molar-refractivity contribution in [2.75, 3.05) is 27.2 Å². The van der Waals surface area contributed by atoms with Gasteiger partial charge in [-0.1, -0.05) is 6.07 Å². The Morgan fingerprint density at radius 2 is 1.90 bits per heavy atom. The molecule has 0 bridgehead atoms. The SMILES string of the molecule is CC(C)Oc1ccc(C(O)=C2C(=O)C(=O)N(CC[NH+](C)C)[C@H]2c2cccnc2)cc1. The van der Waals surface area contributed by atoms with Gasteiger partial charge in [0.15, 0.2) is 0 Å². The molecule has 1 amide bonds. The number of amides is 1. The first-order valence-electron chi connectivity index (χ1n) is 10.0. The maximum absolute atomic E-state index is 12.9. The molecule has 0 spiro atoms. The maximum atomic E-state index is 12.9. The Morgan fingerprint density at radius 3 is 2.47 bits per heavy atom. The third-order valence-electron chi connectivity index (χ3n) is 4.89. The molecular formula is C23H28N3O4+. The number of pyridine rings is 1. The largest absolute Gasteiger partial charge is 0.507 e. The number of Topliss-reactive ketones (excluding diaryl/α,β-unsaturated/α-hetero) is 1. The Morgan fingerprint density at radius 1 is 1.20 bits per heavy atom. The van der Waals surface area contributed by atoms with E-state index in [0.29, 0.717) is 30.0 Å². The second kappa shape index (κ2) is 9.09. The van der Waals surface area contributed by atoms with Crippen LogP contribution in [-0.4, -0.2) is 60.0 Å². The molecule has 2 aromatic rings. The molecule has 1 fully saturated rings. The molecule has 1 aliphatic heterocycles. The molecule has 0 unspecified atom stereocenters. The van der Waals surface area contributed by atoms with Gasteiger partial charge in [-0.3, -0.25) is 14.6 Å². The predicted molar refractivity (Wildman–Crippen MR) is 113 cm³/mol. The summed E-state index contributed by atoms with van der Waals surface area (Å²) in [6.45, 7) is 4.92. The van der Waals surface area contributed by atoms with Crippen LogP contribution < -0.4 is 9.64 Å². The highest BCUT2D eigenvalue weighted by atomic mass is 16.5. The average Bonchev–Trinajstić information content (AvgIpc) is 2.97. The van der Waals surface area contributed by atoms with Crippen LogP contribution in [-0.2, 0) is 9.59 Å². The monoisotopic (exact) mass is 410 g/mol. The number of hydrogen-bond acceptors (Lipinski definition) is 5. The number of ether oxygens (including phenoxy) is 1. The fourth-order valence-corrected chi connectivity index (χ4v) is 3.46. The van der Waals surface area contributed by atoms with Gasteiger partial charge >= 0.3 is 0 Å². The number of aromatic nitrogens is 1. The minimum Gasteiger partial charge on any atom is -0.507 e. The molecule has 2 N–H and O–H groups in total. The standard InChI is InChI=1S/C23H27N3O4/c1-15(2)30-18-9-7-16(8-10-18)21(27)19-20(17-6-5-11-24-14-17)26(13-12-25(3)4)23(29)22(19)28/h5-11,14-15,20,27H,12-13H2,1-4H3/p+1/t20-/m0/s1. The summed E-state index contributed by atoms with van der Waals surface area (Å²) in [7, 11) is 3.97. The van der Waals surface area contributed by atoms with Crippen molar-refractivity contribution in [2.45, 2.75) is 26.0 Å². The highest BCUT2D eigenvalue weighted by Crippen LogP contribution is 2.38. The third kappa shape index (κ3) is 4.52. The van der Waals surface area contributed by atoms with Crippen LogP contribution in [0.25, 0.3) is 5.76 Å². The van der Waals surface area contributed by atoms with Gasteiger partial charge in [-0.25, -0.2) is 0 Å². The number of ketones is 1. The van der Waals surface area contributed by atoms with Gasteiger partial charge in [0.1, 0.15) is 11.5 Å². The molecule has 1 aliphatic rings. The summed E-state index contributed by atoms with van der Waals surface area (Å²) in [6, 6.07) is 9.73. The van der Waals surface area contributed by atoms with Crippen molar-refractivity contribution < 1.29 is 24.3 Å². The zero-order valence-corrected chi connectivity index (χ0v) is 17.8. The second-order valence-corrected chi connectivity index (χ2v) is 7.93. The minimum absolute atomic E-state index is 0.0270. The zero-order valence-electron chi connectivity index (χ0n) is 17.8. The van der Waals surface area contributed by atoms with Gasteiger partial charge < -0.3 is 19.6 Å². The lowest BCUT2D eigenvalue weighted by Gasteiger charge is -2.25. The van der Waals surface area contributed by atoms with Crippen LogP contribution in [0.1, 0.15) is 31.0 Å². The Labute approximate surface area is 176 Å². The Hall–Kier alpha value is -3.19. The Balaban J connectivity index is 2.05. The molecule has 0 saturated carbocycles. The van der Waals surface area contributed by atoms with E-state index >= 15 is 0 Å². The van der Waals surface area contributed by atoms with Crippen molar-refractivity contribution in [3.8, 4) is 5.75 Å². The van der Waals surface area contributed by atoms with E-state index in [4.69, 9.17) is 4.74 Å². The van der Waals surface area contributed by atoms with Crippen molar-refractivity contribution in [3.63, 3.8) is 0 Å². The molecule has 7 nitrogen and oxygen atoms in total. The van der Waals surface area contributed by atoms with Crippen LogP contribution in [0, 0.1) is 0 Å². The van der Waals surface area contributed by atoms with E-state index in [1.807, 2.05) is 34.0 Å². The van der Waals surface area contributed by atoms with Gasteiger partial charge in [0.25, 0.3) is 11.7 Å². The van der Waals surface area contributed by atoms with E-state index in [1.165, 1.54) is 4.90 Å². The van der Waals surface area contributed by atoms with E-state index in [9.17, 15) is 14.7 Å².